The van der Waals surface area contributed by atoms with E-state index in [1.54, 1.807) is 0 Å². The molecule has 0 aromatic heterocycles. The molecule has 0 heterocycles. The maximum atomic E-state index is 11.6. The third-order valence-electron chi connectivity index (χ3n) is 3.21. The molecule has 154 valence electrons. The molecular weight excluding hydrogens is 346 g/mol. The Labute approximate surface area is 154 Å². The number of amides is 1. The second-order valence-corrected chi connectivity index (χ2v) is 7.21. The van der Waals surface area contributed by atoms with E-state index in [9.17, 15) is 24.9 Å². The monoisotopic (exact) mass is 379 g/mol. The Morgan fingerprint density at radius 3 is 2.19 bits per heavy atom. The molecule has 26 heavy (non-hydrogen) atoms. The van der Waals surface area contributed by atoms with E-state index in [0.29, 0.717) is 6.42 Å². The Hall–Kier alpha value is -1.26. The van der Waals surface area contributed by atoms with Gasteiger partial charge in [-0.2, -0.15) is 0 Å². The number of carboxylic acid groups (broad SMARTS) is 1. The second kappa shape index (κ2) is 11.5. The summed E-state index contributed by atoms with van der Waals surface area (Å²) in [5.41, 5.74) is 0. The van der Waals surface area contributed by atoms with Crippen LogP contribution in [0.2, 0.25) is 0 Å². The lowest BCUT2D eigenvalue weighted by Crippen LogP contribution is -2.38. The maximum absolute atomic E-state index is 11.6. The highest BCUT2D eigenvalue weighted by atomic mass is 16.6. The van der Waals surface area contributed by atoms with Crippen molar-refractivity contribution in [3.63, 3.8) is 0 Å². The van der Waals surface area contributed by atoms with Gasteiger partial charge in [0.05, 0.1) is 18.8 Å². The third-order valence-corrected chi connectivity index (χ3v) is 3.21. The number of carbonyl (C=O) groups is 2. The molecule has 9 nitrogen and oxygen atoms in total. The zero-order chi connectivity index (χ0) is 20.4. The van der Waals surface area contributed by atoms with Gasteiger partial charge in [-0.25, -0.2) is 0 Å². The molecule has 0 spiro atoms. The van der Waals surface area contributed by atoms with E-state index >= 15 is 0 Å². The molecule has 0 aromatic rings. The summed E-state index contributed by atoms with van der Waals surface area (Å²) in [6.45, 7) is 6.07. The Morgan fingerprint density at radius 2 is 1.69 bits per heavy atom. The van der Waals surface area contributed by atoms with Crippen LogP contribution in [0.15, 0.2) is 0 Å². The first-order valence-electron chi connectivity index (χ1n) is 8.71. The van der Waals surface area contributed by atoms with Crippen molar-refractivity contribution < 1.29 is 39.5 Å². The fraction of sp³-hybridized carbons (Fsp3) is 0.882. The van der Waals surface area contributed by atoms with E-state index in [2.05, 4.69) is 5.32 Å². The molecule has 0 fully saturated rings. The van der Waals surface area contributed by atoms with Crippen molar-refractivity contribution in [3.05, 3.63) is 0 Å². The number of nitrogens with one attached hydrogen (secondary N) is 1. The molecule has 0 rings (SSSR count). The van der Waals surface area contributed by atoms with Gasteiger partial charge in [0.15, 0.2) is 11.6 Å². The number of aliphatic hydroxyl groups is 3. The minimum Gasteiger partial charge on any atom is -0.481 e. The Balaban J connectivity index is 4.32. The van der Waals surface area contributed by atoms with Crippen LogP contribution >= 0.6 is 0 Å². The lowest BCUT2D eigenvalue weighted by molar-refractivity contribution is -0.222. The summed E-state index contributed by atoms with van der Waals surface area (Å²) in [4.78, 5) is 22.0. The van der Waals surface area contributed by atoms with Crippen molar-refractivity contribution in [1.82, 2.24) is 5.32 Å². The number of ether oxygens (including phenoxy) is 2. The van der Waals surface area contributed by atoms with Crippen LogP contribution < -0.4 is 5.32 Å². The number of rotatable bonds is 14. The van der Waals surface area contributed by atoms with Crippen molar-refractivity contribution >= 4 is 11.9 Å². The largest absolute Gasteiger partial charge is 0.481 e. The van der Waals surface area contributed by atoms with Crippen LogP contribution in [0.4, 0.5) is 0 Å². The highest BCUT2D eigenvalue weighted by Crippen LogP contribution is 2.17. The minimum absolute atomic E-state index is 0.00995. The van der Waals surface area contributed by atoms with E-state index in [4.69, 9.17) is 14.6 Å². The van der Waals surface area contributed by atoms with E-state index < -0.39 is 29.8 Å². The number of hydrogen-bond donors (Lipinski definition) is 5. The zero-order valence-corrected chi connectivity index (χ0v) is 16.0. The van der Waals surface area contributed by atoms with Gasteiger partial charge in [0.1, 0.15) is 0 Å². The second-order valence-electron chi connectivity index (χ2n) is 7.21. The number of aliphatic carboxylic acids is 1. The van der Waals surface area contributed by atoms with Gasteiger partial charge in [-0.05, 0) is 40.5 Å². The third kappa shape index (κ3) is 16.2. The molecular formula is C17H33NO8. The summed E-state index contributed by atoms with van der Waals surface area (Å²) in [6.07, 6.45) is -0.757. The van der Waals surface area contributed by atoms with Gasteiger partial charge in [0, 0.05) is 25.8 Å². The summed E-state index contributed by atoms with van der Waals surface area (Å²) >= 11 is 0. The van der Waals surface area contributed by atoms with Crippen molar-refractivity contribution in [2.45, 2.75) is 83.6 Å². The molecule has 9 heteroatoms. The topological polar surface area (TPSA) is 146 Å². The molecule has 0 unspecified atom stereocenters. The van der Waals surface area contributed by atoms with Gasteiger partial charge in [0.2, 0.25) is 5.91 Å². The van der Waals surface area contributed by atoms with Crippen LogP contribution in [0, 0.1) is 0 Å². The van der Waals surface area contributed by atoms with Crippen LogP contribution in [0.5, 0.6) is 0 Å². The summed E-state index contributed by atoms with van der Waals surface area (Å²) in [7, 11) is 0. The van der Waals surface area contributed by atoms with Crippen LogP contribution in [-0.4, -0.2) is 69.2 Å². The molecule has 0 aromatic carbocycles. The van der Waals surface area contributed by atoms with Crippen molar-refractivity contribution in [2.75, 3.05) is 13.2 Å². The van der Waals surface area contributed by atoms with E-state index in [-0.39, 0.29) is 44.7 Å². The van der Waals surface area contributed by atoms with Gasteiger partial charge in [0.25, 0.3) is 0 Å². The molecule has 0 bridgehead atoms. The van der Waals surface area contributed by atoms with Gasteiger partial charge < -0.3 is 35.2 Å². The van der Waals surface area contributed by atoms with Crippen molar-refractivity contribution in [1.29, 1.82) is 0 Å². The van der Waals surface area contributed by atoms with E-state index in [0.717, 1.165) is 0 Å². The molecule has 5 N–H and O–H groups in total. The Bertz CT molecular complexity index is 427. The first-order valence-corrected chi connectivity index (χ1v) is 8.71. The number of carbonyl (C=O) groups excluding carboxylic acids is 1. The first-order chi connectivity index (χ1) is 11.8. The lowest BCUT2D eigenvalue weighted by atomic mass is 10.1. The average molecular weight is 379 g/mol. The zero-order valence-electron chi connectivity index (χ0n) is 16.0. The summed E-state index contributed by atoms with van der Waals surface area (Å²) in [6, 6.07) is 0. The fourth-order valence-corrected chi connectivity index (χ4v) is 2.18. The van der Waals surface area contributed by atoms with Crippen molar-refractivity contribution in [2.24, 2.45) is 0 Å². The fourth-order valence-electron chi connectivity index (χ4n) is 2.18. The van der Waals surface area contributed by atoms with Gasteiger partial charge in [-0.3, -0.25) is 9.59 Å². The normalized spacial score (nSPS) is 14.7. The number of carboxylic acids is 1. The van der Waals surface area contributed by atoms with Crippen LogP contribution in [0.3, 0.4) is 0 Å². The molecule has 0 aliphatic carbocycles. The molecule has 0 radical (unpaired) electrons. The van der Waals surface area contributed by atoms with Crippen molar-refractivity contribution in [3.8, 4) is 0 Å². The SMILES string of the molecule is CC(C)(O)OCC[C@H](C[C@@H](O)CNC(=O)CCCC(=O)O)OC(C)(C)O. The quantitative estimate of drug-likeness (QED) is 0.272. The molecule has 1 amide bonds. The maximum Gasteiger partial charge on any atom is 0.303 e. The van der Waals surface area contributed by atoms with E-state index in [1.807, 2.05) is 0 Å². The van der Waals surface area contributed by atoms with Gasteiger partial charge in [-0.15, -0.1) is 0 Å². The standard InChI is InChI=1S/C17H33NO8/c1-16(2,23)25-9-8-13(26-17(3,4)24)10-12(19)11-18-14(20)6-5-7-15(21)22/h12-13,19,23-24H,5-11H2,1-4H3,(H,18,20)(H,21,22)/t12-,13-/m1/s1. The summed E-state index contributed by atoms with van der Waals surface area (Å²) < 4.78 is 10.7. The predicted molar refractivity (Wildman–Crippen MR) is 93.2 cm³/mol. The van der Waals surface area contributed by atoms with Crippen LogP contribution in [0.25, 0.3) is 0 Å². The molecule has 0 aliphatic rings. The summed E-state index contributed by atoms with van der Waals surface area (Å²) in [5, 5.41) is 40.5. The van der Waals surface area contributed by atoms with Gasteiger partial charge in [-0.1, -0.05) is 0 Å². The number of aliphatic hydroxyl groups excluding tert-OH is 1. The Morgan fingerprint density at radius 1 is 1.08 bits per heavy atom. The van der Waals surface area contributed by atoms with E-state index in [1.165, 1.54) is 27.7 Å². The highest BCUT2D eigenvalue weighted by Gasteiger charge is 2.24. The molecule has 2 atom stereocenters. The predicted octanol–water partition coefficient (Wildman–Crippen LogP) is 0.357. The van der Waals surface area contributed by atoms with Gasteiger partial charge >= 0.3 is 5.97 Å². The molecule has 0 saturated carbocycles. The molecule has 0 saturated heterocycles. The van der Waals surface area contributed by atoms with Crippen LogP contribution in [0.1, 0.15) is 59.8 Å². The Kier molecular flexibility index (Phi) is 10.9. The molecule has 0 aliphatic heterocycles. The highest BCUT2D eigenvalue weighted by molar-refractivity contribution is 5.76. The first kappa shape index (κ1) is 24.7. The number of hydrogen-bond acceptors (Lipinski definition) is 7. The smallest absolute Gasteiger partial charge is 0.303 e. The summed E-state index contributed by atoms with van der Waals surface area (Å²) in [5.74, 6) is -3.99. The lowest BCUT2D eigenvalue weighted by Gasteiger charge is -2.29. The van der Waals surface area contributed by atoms with Crippen LogP contribution in [-0.2, 0) is 19.1 Å². The average Bonchev–Trinajstić information content (AvgIpc) is 2.41. The minimum atomic E-state index is -1.40.